The number of carbonyl (C=O) groups is 1. The minimum atomic E-state index is -0.367. The molecule has 1 saturated heterocycles. The molecule has 0 saturated carbocycles. The Labute approximate surface area is 114 Å². The molecule has 1 heterocycles. The van der Waals surface area contributed by atoms with Gasteiger partial charge in [0, 0.05) is 17.6 Å². The molecule has 19 heavy (non-hydrogen) atoms. The number of hydrogen-bond acceptors (Lipinski definition) is 3. The molecular formula is C15H21N3O. The topological polar surface area (TPSA) is 67.1 Å². The summed E-state index contributed by atoms with van der Waals surface area (Å²) in [6.07, 6.45) is 3.72. The second kappa shape index (κ2) is 5.99. The summed E-state index contributed by atoms with van der Waals surface area (Å²) in [4.78, 5) is 11.6. The van der Waals surface area contributed by atoms with Crippen LogP contribution in [0.3, 0.4) is 0 Å². The number of nitrogens with two attached hydrogens (primary N) is 1. The molecule has 0 bridgehead atoms. The van der Waals surface area contributed by atoms with E-state index >= 15 is 0 Å². The number of benzene rings is 1. The lowest BCUT2D eigenvalue weighted by atomic mass is 9.79. The lowest BCUT2D eigenvalue weighted by Crippen LogP contribution is -2.50. The Kier molecular flexibility index (Phi) is 4.35. The summed E-state index contributed by atoms with van der Waals surface area (Å²) in [6.45, 7) is 6.33. The first-order valence-corrected chi connectivity index (χ1v) is 6.65. The molecule has 0 aliphatic carbocycles. The first kappa shape index (κ1) is 13.8. The van der Waals surface area contributed by atoms with Crippen molar-refractivity contribution in [1.82, 2.24) is 10.6 Å². The Hall–Kier alpha value is -1.65. The van der Waals surface area contributed by atoms with E-state index in [1.165, 1.54) is 0 Å². The summed E-state index contributed by atoms with van der Waals surface area (Å²) >= 11 is 0. The van der Waals surface area contributed by atoms with Gasteiger partial charge in [0.05, 0.1) is 0 Å². The maximum absolute atomic E-state index is 11.6. The molecule has 1 fully saturated rings. The molecule has 4 nitrogen and oxygen atoms in total. The van der Waals surface area contributed by atoms with Crippen molar-refractivity contribution in [2.75, 3.05) is 19.6 Å². The summed E-state index contributed by atoms with van der Waals surface area (Å²) in [5.41, 5.74) is 6.93. The van der Waals surface area contributed by atoms with Gasteiger partial charge in [-0.3, -0.25) is 4.79 Å². The van der Waals surface area contributed by atoms with Crippen LogP contribution in [-0.4, -0.2) is 25.5 Å². The Morgan fingerprint density at radius 2 is 2.11 bits per heavy atom. The van der Waals surface area contributed by atoms with Crippen molar-refractivity contribution < 1.29 is 4.79 Å². The summed E-state index contributed by atoms with van der Waals surface area (Å²) in [6, 6.07) is 7.62. The molecule has 4 N–H and O–H groups in total. The number of carbonyl (C=O) groups excluding carboxylic acids is 1. The highest BCUT2D eigenvalue weighted by Crippen LogP contribution is 2.32. The fourth-order valence-corrected chi connectivity index (χ4v) is 2.78. The third-order valence-corrected chi connectivity index (χ3v) is 3.75. The highest BCUT2D eigenvalue weighted by atomic mass is 16.1. The Morgan fingerprint density at radius 3 is 2.74 bits per heavy atom. The van der Waals surface area contributed by atoms with Crippen molar-refractivity contribution in [2.45, 2.75) is 18.4 Å². The molecule has 1 aromatic carbocycles. The van der Waals surface area contributed by atoms with Crippen LogP contribution in [0.15, 0.2) is 36.9 Å². The van der Waals surface area contributed by atoms with E-state index in [1.54, 1.807) is 6.07 Å². The highest BCUT2D eigenvalue weighted by Gasteiger charge is 2.35. The van der Waals surface area contributed by atoms with E-state index in [2.05, 4.69) is 17.2 Å². The van der Waals surface area contributed by atoms with E-state index < -0.39 is 0 Å². The van der Waals surface area contributed by atoms with Gasteiger partial charge >= 0.3 is 0 Å². The molecule has 4 heteroatoms. The van der Waals surface area contributed by atoms with Gasteiger partial charge in [0.15, 0.2) is 0 Å². The van der Waals surface area contributed by atoms with E-state index in [4.69, 9.17) is 5.73 Å². The molecule has 0 aromatic heterocycles. The molecule has 102 valence electrons. The largest absolute Gasteiger partial charge is 0.366 e. The summed E-state index contributed by atoms with van der Waals surface area (Å²) in [7, 11) is 0. The van der Waals surface area contributed by atoms with Gasteiger partial charge in [-0.1, -0.05) is 24.3 Å². The van der Waals surface area contributed by atoms with E-state index in [1.807, 2.05) is 24.3 Å². The predicted molar refractivity (Wildman–Crippen MR) is 76.9 cm³/mol. The van der Waals surface area contributed by atoms with Crippen LogP contribution in [0.4, 0.5) is 0 Å². The van der Waals surface area contributed by atoms with Gasteiger partial charge in [-0.15, -0.1) is 6.58 Å². The molecular weight excluding hydrogens is 238 g/mol. The molecule has 1 aliphatic heterocycles. The monoisotopic (exact) mass is 259 g/mol. The maximum Gasteiger partial charge on any atom is 0.249 e. The second-order valence-electron chi connectivity index (χ2n) is 4.91. The van der Waals surface area contributed by atoms with E-state index in [9.17, 15) is 4.79 Å². The van der Waals surface area contributed by atoms with E-state index in [0.717, 1.165) is 31.5 Å². The zero-order valence-corrected chi connectivity index (χ0v) is 11.1. The first-order valence-electron chi connectivity index (χ1n) is 6.65. The van der Waals surface area contributed by atoms with Gasteiger partial charge in [0.1, 0.15) is 0 Å². The quantitative estimate of drug-likeness (QED) is 0.695. The normalized spacial score (nSPS) is 17.9. The zero-order valence-electron chi connectivity index (χ0n) is 11.1. The van der Waals surface area contributed by atoms with Crippen LogP contribution in [0.1, 0.15) is 28.8 Å². The van der Waals surface area contributed by atoms with Crippen molar-refractivity contribution in [1.29, 1.82) is 0 Å². The van der Waals surface area contributed by atoms with Crippen LogP contribution in [0.5, 0.6) is 0 Å². The number of hydrogen-bond donors (Lipinski definition) is 3. The number of rotatable bonds is 5. The van der Waals surface area contributed by atoms with Crippen LogP contribution >= 0.6 is 0 Å². The zero-order chi connectivity index (χ0) is 13.7. The summed E-state index contributed by atoms with van der Waals surface area (Å²) in [5.74, 6) is -0.367. The third kappa shape index (κ3) is 2.85. The van der Waals surface area contributed by atoms with Gasteiger partial charge in [0.25, 0.3) is 0 Å². The van der Waals surface area contributed by atoms with Crippen LogP contribution in [0.25, 0.3) is 0 Å². The molecule has 2 rings (SSSR count). The standard InChI is InChI=1S/C15H21N3O/c1-2-9-18-15(7-10-17-11-8-15)13-6-4-3-5-12(13)14(16)19/h2-6,17-18H,1,7-11H2,(H2,16,19). The smallest absolute Gasteiger partial charge is 0.249 e. The van der Waals surface area contributed by atoms with Crippen molar-refractivity contribution in [3.63, 3.8) is 0 Å². The van der Waals surface area contributed by atoms with Crippen molar-refractivity contribution in [3.8, 4) is 0 Å². The number of primary amides is 1. The lowest BCUT2D eigenvalue weighted by molar-refractivity contribution is 0.0995. The van der Waals surface area contributed by atoms with Crippen LogP contribution in [-0.2, 0) is 5.54 Å². The fraction of sp³-hybridized carbons (Fsp3) is 0.400. The molecule has 0 unspecified atom stereocenters. The summed E-state index contributed by atoms with van der Waals surface area (Å²) in [5, 5.41) is 6.88. The Balaban J connectivity index is 2.42. The minimum absolute atomic E-state index is 0.189. The molecule has 1 aliphatic rings. The molecule has 0 radical (unpaired) electrons. The lowest BCUT2D eigenvalue weighted by Gasteiger charge is -2.40. The molecule has 1 amide bonds. The third-order valence-electron chi connectivity index (χ3n) is 3.75. The average Bonchev–Trinajstić information content (AvgIpc) is 2.46. The first-order chi connectivity index (χ1) is 9.19. The van der Waals surface area contributed by atoms with Crippen molar-refractivity contribution in [3.05, 3.63) is 48.0 Å². The second-order valence-corrected chi connectivity index (χ2v) is 4.91. The van der Waals surface area contributed by atoms with E-state index in [-0.39, 0.29) is 11.4 Å². The van der Waals surface area contributed by atoms with Crippen LogP contribution in [0, 0.1) is 0 Å². The number of nitrogens with one attached hydrogen (secondary N) is 2. The Bertz CT molecular complexity index is 464. The predicted octanol–water partition coefficient (Wildman–Crippen LogP) is 1.14. The van der Waals surface area contributed by atoms with Crippen LogP contribution < -0.4 is 16.4 Å². The van der Waals surface area contributed by atoms with Gasteiger partial charge in [-0.2, -0.15) is 0 Å². The Morgan fingerprint density at radius 1 is 1.42 bits per heavy atom. The average molecular weight is 259 g/mol. The summed E-state index contributed by atoms with van der Waals surface area (Å²) < 4.78 is 0. The minimum Gasteiger partial charge on any atom is -0.366 e. The van der Waals surface area contributed by atoms with Crippen LogP contribution in [0.2, 0.25) is 0 Å². The molecule has 0 spiro atoms. The number of piperidine rings is 1. The van der Waals surface area contributed by atoms with Gasteiger partial charge in [-0.25, -0.2) is 0 Å². The van der Waals surface area contributed by atoms with Crippen molar-refractivity contribution >= 4 is 5.91 Å². The van der Waals surface area contributed by atoms with Gasteiger partial charge in [-0.05, 0) is 37.6 Å². The fourth-order valence-electron chi connectivity index (χ4n) is 2.78. The maximum atomic E-state index is 11.6. The SMILES string of the molecule is C=CCNC1(c2ccccc2C(N)=O)CCNCC1. The van der Waals surface area contributed by atoms with Gasteiger partial charge < -0.3 is 16.4 Å². The molecule has 1 aromatic rings. The van der Waals surface area contributed by atoms with E-state index in [0.29, 0.717) is 12.1 Å². The van der Waals surface area contributed by atoms with Crippen molar-refractivity contribution in [2.24, 2.45) is 5.73 Å². The molecule has 0 atom stereocenters. The highest BCUT2D eigenvalue weighted by molar-refractivity contribution is 5.94. The van der Waals surface area contributed by atoms with Gasteiger partial charge in [0.2, 0.25) is 5.91 Å². The number of amides is 1.